The van der Waals surface area contributed by atoms with Crippen LogP contribution >= 0.6 is 0 Å². The lowest BCUT2D eigenvalue weighted by molar-refractivity contribution is 0.00694. The maximum absolute atomic E-state index is 12.2. The Hall–Kier alpha value is -3.15. The molecule has 0 aliphatic carbocycles. The summed E-state index contributed by atoms with van der Waals surface area (Å²) < 4.78 is 7.01. The van der Waals surface area contributed by atoms with Gasteiger partial charge in [0.05, 0.1) is 16.8 Å². The van der Waals surface area contributed by atoms with Crippen molar-refractivity contribution < 1.29 is 14.3 Å². The molecule has 2 aromatic carbocycles. The van der Waals surface area contributed by atoms with Crippen molar-refractivity contribution in [1.82, 2.24) is 9.78 Å². The molecule has 3 rings (SSSR count). The van der Waals surface area contributed by atoms with Crippen LogP contribution in [0.25, 0.3) is 16.6 Å². The van der Waals surface area contributed by atoms with Crippen LogP contribution in [0.1, 0.15) is 41.5 Å². The SMILES string of the molecule is CC(C)(C)OC(=O)c1cccc(-n2cc3cccc(C(N)=O)c3n2)c1. The zero-order valence-corrected chi connectivity index (χ0v) is 14.3. The van der Waals surface area contributed by atoms with Gasteiger partial charge in [-0.25, -0.2) is 9.48 Å². The van der Waals surface area contributed by atoms with E-state index in [0.29, 0.717) is 22.3 Å². The van der Waals surface area contributed by atoms with E-state index in [0.717, 1.165) is 5.39 Å². The molecule has 0 saturated carbocycles. The Morgan fingerprint density at radius 2 is 1.84 bits per heavy atom. The molecule has 1 heterocycles. The van der Waals surface area contributed by atoms with Gasteiger partial charge in [0, 0.05) is 11.6 Å². The van der Waals surface area contributed by atoms with Gasteiger partial charge in [0.25, 0.3) is 5.91 Å². The molecular weight excluding hydrogens is 318 g/mol. The summed E-state index contributed by atoms with van der Waals surface area (Å²) in [6.07, 6.45) is 1.79. The number of nitrogens with two attached hydrogens (primary N) is 1. The molecule has 2 N–H and O–H groups in total. The molecule has 25 heavy (non-hydrogen) atoms. The normalized spacial score (nSPS) is 11.5. The number of amides is 1. The van der Waals surface area contributed by atoms with E-state index in [2.05, 4.69) is 5.10 Å². The molecular formula is C19H19N3O3. The lowest BCUT2D eigenvalue weighted by Gasteiger charge is -2.19. The monoisotopic (exact) mass is 337 g/mol. The fourth-order valence-corrected chi connectivity index (χ4v) is 2.49. The van der Waals surface area contributed by atoms with Gasteiger partial charge in [0.1, 0.15) is 11.1 Å². The second-order valence-corrected chi connectivity index (χ2v) is 6.73. The van der Waals surface area contributed by atoms with E-state index < -0.39 is 17.5 Å². The third-order valence-corrected chi connectivity index (χ3v) is 3.55. The highest BCUT2D eigenvalue weighted by Crippen LogP contribution is 2.20. The summed E-state index contributed by atoms with van der Waals surface area (Å²) in [5.41, 5.74) is 6.84. The minimum Gasteiger partial charge on any atom is -0.456 e. The van der Waals surface area contributed by atoms with Gasteiger partial charge in [0.15, 0.2) is 0 Å². The molecule has 0 saturated heterocycles. The number of aromatic nitrogens is 2. The van der Waals surface area contributed by atoms with E-state index in [1.54, 1.807) is 41.2 Å². The van der Waals surface area contributed by atoms with Crippen LogP contribution < -0.4 is 5.73 Å². The molecule has 6 heteroatoms. The number of carbonyl (C=O) groups is 2. The molecule has 0 atom stereocenters. The fourth-order valence-electron chi connectivity index (χ4n) is 2.49. The Morgan fingerprint density at radius 1 is 1.12 bits per heavy atom. The number of carbonyl (C=O) groups excluding carboxylic acids is 2. The Labute approximate surface area is 145 Å². The average Bonchev–Trinajstić information content (AvgIpc) is 2.97. The van der Waals surface area contributed by atoms with Crippen LogP contribution in [0.15, 0.2) is 48.7 Å². The van der Waals surface area contributed by atoms with Crippen molar-refractivity contribution in [3.8, 4) is 5.69 Å². The molecule has 0 radical (unpaired) electrons. The number of nitrogens with zero attached hydrogens (tertiary/aromatic N) is 2. The summed E-state index contributed by atoms with van der Waals surface area (Å²) in [6, 6.07) is 12.2. The van der Waals surface area contributed by atoms with Gasteiger partial charge in [-0.15, -0.1) is 0 Å². The second-order valence-electron chi connectivity index (χ2n) is 6.73. The zero-order chi connectivity index (χ0) is 18.2. The molecule has 0 bridgehead atoms. The van der Waals surface area contributed by atoms with Crippen molar-refractivity contribution in [2.24, 2.45) is 5.73 Å². The van der Waals surface area contributed by atoms with Crippen molar-refractivity contribution in [3.05, 3.63) is 59.8 Å². The van der Waals surface area contributed by atoms with Crippen LogP contribution in [-0.4, -0.2) is 27.3 Å². The largest absolute Gasteiger partial charge is 0.456 e. The molecule has 3 aromatic rings. The van der Waals surface area contributed by atoms with Crippen LogP contribution in [0.4, 0.5) is 0 Å². The average molecular weight is 337 g/mol. The van der Waals surface area contributed by atoms with Crippen LogP contribution in [0.5, 0.6) is 0 Å². The Kier molecular flexibility index (Phi) is 4.04. The van der Waals surface area contributed by atoms with Gasteiger partial charge in [-0.2, -0.15) is 5.10 Å². The quantitative estimate of drug-likeness (QED) is 0.744. The number of ether oxygens (including phenoxy) is 1. The Morgan fingerprint density at radius 3 is 2.52 bits per heavy atom. The molecule has 0 fully saturated rings. The smallest absolute Gasteiger partial charge is 0.338 e. The summed E-state index contributed by atoms with van der Waals surface area (Å²) in [6.45, 7) is 5.46. The maximum atomic E-state index is 12.2. The number of hydrogen-bond acceptors (Lipinski definition) is 4. The van der Waals surface area contributed by atoms with Crippen LogP contribution in [0, 0.1) is 0 Å². The highest BCUT2D eigenvalue weighted by atomic mass is 16.6. The van der Waals surface area contributed by atoms with Gasteiger partial charge >= 0.3 is 5.97 Å². The van der Waals surface area contributed by atoms with Crippen molar-refractivity contribution >= 4 is 22.8 Å². The van der Waals surface area contributed by atoms with E-state index in [1.807, 2.05) is 32.9 Å². The Bertz CT molecular complexity index is 967. The standard InChI is InChI=1S/C19H19N3O3/c1-19(2,3)25-18(24)12-6-4-8-14(10-12)22-11-13-7-5-9-15(17(20)23)16(13)21-22/h4-11H,1-3H3,(H2,20,23). The number of rotatable bonds is 3. The lowest BCUT2D eigenvalue weighted by Crippen LogP contribution is -2.23. The molecule has 1 aromatic heterocycles. The number of esters is 1. The van der Waals surface area contributed by atoms with Gasteiger partial charge in [-0.3, -0.25) is 4.79 Å². The predicted octanol–water partition coefficient (Wildman–Crippen LogP) is 3.08. The minimum absolute atomic E-state index is 0.361. The molecule has 1 amide bonds. The van der Waals surface area contributed by atoms with Crippen molar-refractivity contribution in [3.63, 3.8) is 0 Å². The predicted molar refractivity (Wildman–Crippen MR) is 94.8 cm³/mol. The third-order valence-electron chi connectivity index (χ3n) is 3.55. The van der Waals surface area contributed by atoms with Crippen LogP contribution in [-0.2, 0) is 4.74 Å². The lowest BCUT2D eigenvalue weighted by atomic mass is 10.1. The van der Waals surface area contributed by atoms with Gasteiger partial charge < -0.3 is 10.5 Å². The number of primary amides is 1. The van der Waals surface area contributed by atoms with Crippen molar-refractivity contribution in [2.75, 3.05) is 0 Å². The van der Waals surface area contributed by atoms with E-state index in [1.165, 1.54) is 0 Å². The first-order chi connectivity index (χ1) is 11.7. The molecule has 0 unspecified atom stereocenters. The van der Waals surface area contributed by atoms with Gasteiger partial charge in [0.2, 0.25) is 0 Å². The summed E-state index contributed by atoms with van der Waals surface area (Å²) in [4.78, 5) is 23.8. The molecule has 0 aliphatic heterocycles. The van der Waals surface area contributed by atoms with Crippen molar-refractivity contribution in [2.45, 2.75) is 26.4 Å². The molecule has 6 nitrogen and oxygen atoms in total. The van der Waals surface area contributed by atoms with E-state index in [9.17, 15) is 9.59 Å². The Balaban J connectivity index is 2.01. The summed E-state index contributed by atoms with van der Waals surface area (Å²) in [5, 5.41) is 5.23. The summed E-state index contributed by atoms with van der Waals surface area (Å²) in [7, 11) is 0. The molecule has 0 spiro atoms. The minimum atomic E-state index is -0.566. The van der Waals surface area contributed by atoms with Gasteiger partial charge in [-0.1, -0.05) is 18.2 Å². The van der Waals surface area contributed by atoms with Gasteiger partial charge in [-0.05, 0) is 45.0 Å². The summed E-state index contributed by atoms with van der Waals surface area (Å²) >= 11 is 0. The van der Waals surface area contributed by atoms with Crippen LogP contribution in [0.3, 0.4) is 0 Å². The topological polar surface area (TPSA) is 87.2 Å². The first kappa shape index (κ1) is 16.7. The number of fused-ring (bicyclic) bond motifs is 1. The van der Waals surface area contributed by atoms with Crippen LogP contribution in [0.2, 0.25) is 0 Å². The van der Waals surface area contributed by atoms with Crippen molar-refractivity contribution in [1.29, 1.82) is 0 Å². The molecule has 0 aliphatic rings. The highest BCUT2D eigenvalue weighted by molar-refractivity contribution is 6.04. The van der Waals surface area contributed by atoms with E-state index >= 15 is 0 Å². The fraction of sp³-hybridized carbons (Fsp3) is 0.211. The van der Waals surface area contributed by atoms with E-state index in [4.69, 9.17) is 10.5 Å². The highest BCUT2D eigenvalue weighted by Gasteiger charge is 2.18. The zero-order valence-electron chi connectivity index (χ0n) is 14.3. The van der Waals surface area contributed by atoms with E-state index in [-0.39, 0.29) is 0 Å². The molecule has 128 valence electrons. The second kappa shape index (κ2) is 6.05. The maximum Gasteiger partial charge on any atom is 0.338 e. The number of benzene rings is 2. The first-order valence-corrected chi connectivity index (χ1v) is 7.86. The first-order valence-electron chi connectivity index (χ1n) is 7.86. The number of hydrogen-bond donors (Lipinski definition) is 1. The third kappa shape index (κ3) is 3.52. The summed E-state index contributed by atoms with van der Waals surface area (Å²) in [5.74, 6) is -0.928.